The fourth-order valence-corrected chi connectivity index (χ4v) is 1.32. The Morgan fingerprint density at radius 1 is 1.78 bits per heavy atom. The van der Waals surface area contributed by atoms with Crippen LogP contribution in [0.3, 0.4) is 0 Å². The lowest BCUT2D eigenvalue weighted by Gasteiger charge is -2.42. The summed E-state index contributed by atoms with van der Waals surface area (Å²) in [5, 5.41) is -0.226. The largest absolute Gasteiger partial charge is 0.293 e. The second-order valence-corrected chi connectivity index (χ2v) is 2.94. The Morgan fingerprint density at radius 3 is 2.44 bits per heavy atom. The lowest BCUT2D eigenvalue weighted by molar-refractivity contribution is -0.122. The fourth-order valence-electron chi connectivity index (χ4n) is 1.08. The minimum absolute atomic E-state index is 0.0123. The van der Waals surface area contributed by atoms with Gasteiger partial charge in [-0.1, -0.05) is 0 Å². The van der Waals surface area contributed by atoms with Crippen molar-refractivity contribution in [1.82, 2.24) is 4.90 Å². The van der Waals surface area contributed by atoms with Crippen molar-refractivity contribution < 1.29 is 4.79 Å². The average Bonchev–Trinajstić information content (AvgIpc) is 1.81. The van der Waals surface area contributed by atoms with Crippen LogP contribution in [0.15, 0.2) is 0 Å². The molecule has 0 aromatic carbocycles. The van der Waals surface area contributed by atoms with Crippen LogP contribution in [0, 0.1) is 0 Å². The predicted octanol–water partition coefficient (Wildman–Crippen LogP) is 0.844. The average molecular weight is 148 g/mol. The van der Waals surface area contributed by atoms with Crippen LogP contribution in [0.5, 0.6) is 0 Å². The first-order valence-electron chi connectivity index (χ1n) is 3.04. The number of rotatable bonds is 1. The Kier molecular flexibility index (Phi) is 1.78. The molecule has 1 fully saturated rings. The van der Waals surface area contributed by atoms with Crippen molar-refractivity contribution in [2.24, 2.45) is 0 Å². The van der Waals surface area contributed by atoms with Crippen LogP contribution in [0.25, 0.3) is 0 Å². The number of hydrogen-bond donors (Lipinski definition) is 0. The van der Waals surface area contributed by atoms with Crippen molar-refractivity contribution >= 4 is 16.8 Å². The van der Waals surface area contributed by atoms with E-state index in [0.717, 1.165) is 6.42 Å². The van der Waals surface area contributed by atoms with E-state index in [1.807, 2.05) is 11.9 Å². The summed E-state index contributed by atoms with van der Waals surface area (Å²) < 4.78 is 0. The quantitative estimate of drug-likeness (QED) is 0.513. The van der Waals surface area contributed by atoms with Gasteiger partial charge in [-0.25, -0.2) is 0 Å². The summed E-state index contributed by atoms with van der Waals surface area (Å²) in [6, 6.07) is 0.513. The second kappa shape index (κ2) is 2.27. The Labute approximate surface area is 59.8 Å². The topological polar surface area (TPSA) is 20.3 Å². The van der Waals surface area contributed by atoms with Crippen LogP contribution < -0.4 is 0 Å². The highest BCUT2D eigenvalue weighted by molar-refractivity contribution is 6.64. The van der Waals surface area contributed by atoms with Gasteiger partial charge >= 0.3 is 0 Å². The van der Waals surface area contributed by atoms with Gasteiger partial charge in [-0.05, 0) is 32.0 Å². The van der Waals surface area contributed by atoms with Crippen molar-refractivity contribution in [3.05, 3.63) is 0 Å². The van der Waals surface area contributed by atoms with Gasteiger partial charge in [-0.15, -0.1) is 0 Å². The summed E-state index contributed by atoms with van der Waals surface area (Å²) in [5.41, 5.74) is 0. The number of halogens is 1. The molecule has 1 saturated heterocycles. The van der Waals surface area contributed by atoms with Gasteiger partial charge in [0.2, 0.25) is 5.24 Å². The number of carbonyl (C=O) groups excluding carboxylic acids is 1. The van der Waals surface area contributed by atoms with Crippen LogP contribution in [0.4, 0.5) is 0 Å². The molecular formula is C6H10ClNO. The van der Waals surface area contributed by atoms with E-state index in [1.54, 1.807) is 0 Å². The number of likely N-dealkylation sites (tertiary alicyclic amines) is 1. The zero-order chi connectivity index (χ0) is 7.02. The molecule has 9 heavy (non-hydrogen) atoms. The molecule has 1 aliphatic heterocycles. The molecule has 1 rings (SSSR count). The molecule has 0 N–H and O–H groups in total. The Morgan fingerprint density at radius 2 is 2.33 bits per heavy atom. The van der Waals surface area contributed by atoms with E-state index in [2.05, 4.69) is 6.92 Å². The van der Waals surface area contributed by atoms with Gasteiger partial charge in [-0.3, -0.25) is 9.69 Å². The molecule has 0 amide bonds. The van der Waals surface area contributed by atoms with Gasteiger partial charge in [0.05, 0.1) is 6.04 Å². The van der Waals surface area contributed by atoms with E-state index in [-0.39, 0.29) is 11.3 Å². The highest BCUT2D eigenvalue weighted by Gasteiger charge is 2.35. The van der Waals surface area contributed by atoms with Crippen LogP contribution >= 0.6 is 11.6 Å². The maximum Gasteiger partial charge on any atom is 0.238 e. The molecule has 0 aliphatic carbocycles. The molecule has 1 aliphatic rings. The summed E-state index contributed by atoms with van der Waals surface area (Å²) in [5.74, 6) is 0. The zero-order valence-corrected chi connectivity index (χ0v) is 6.35. The van der Waals surface area contributed by atoms with Crippen LogP contribution in [-0.2, 0) is 4.79 Å². The van der Waals surface area contributed by atoms with Gasteiger partial charge in [0, 0.05) is 6.04 Å². The maximum absolute atomic E-state index is 10.5. The smallest absolute Gasteiger partial charge is 0.238 e. The van der Waals surface area contributed by atoms with E-state index in [4.69, 9.17) is 11.6 Å². The summed E-state index contributed by atoms with van der Waals surface area (Å²) in [4.78, 5) is 12.5. The van der Waals surface area contributed by atoms with Gasteiger partial charge in [0.1, 0.15) is 0 Å². The van der Waals surface area contributed by atoms with Crippen molar-refractivity contribution in [3.63, 3.8) is 0 Å². The van der Waals surface area contributed by atoms with E-state index < -0.39 is 0 Å². The number of nitrogens with zero attached hydrogens (tertiary/aromatic N) is 1. The molecule has 2 nitrogen and oxygen atoms in total. The first-order chi connectivity index (χ1) is 4.13. The lowest BCUT2D eigenvalue weighted by atomic mass is 9.97. The highest BCUT2D eigenvalue weighted by atomic mass is 35.5. The number of likely N-dealkylation sites (N-methyl/N-ethyl adjacent to an activating group) is 1. The highest BCUT2D eigenvalue weighted by Crippen LogP contribution is 2.24. The number of hydrogen-bond acceptors (Lipinski definition) is 2. The molecule has 0 radical (unpaired) electrons. The van der Waals surface area contributed by atoms with E-state index in [0.29, 0.717) is 6.04 Å². The van der Waals surface area contributed by atoms with Crippen molar-refractivity contribution in [3.8, 4) is 0 Å². The van der Waals surface area contributed by atoms with Gasteiger partial charge in [0.15, 0.2) is 0 Å². The summed E-state index contributed by atoms with van der Waals surface area (Å²) >= 11 is 5.26. The molecule has 3 heteroatoms. The molecule has 2 atom stereocenters. The normalized spacial score (nSPS) is 35.9. The maximum atomic E-state index is 10.5. The monoisotopic (exact) mass is 147 g/mol. The standard InChI is InChI=1S/C6H10ClNO/c1-4-3-5(6(7)9)8(4)2/h4-5H,3H2,1-2H3/t4-,5-/m1/s1. The van der Waals surface area contributed by atoms with E-state index >= 15 is 0 Å². The molecule has 0 aromatic rings. The SMILES string of the molecule is C[C@@H]1C[C@H](C(=O)Cl)N1C. The summed E-state index contributed by atoms with van der Waals surface area (Å²) in [6.45, 7) is 2.08. The minimum Gasteiger partial charge on any atom is -0.293 e. The van der Waals surface area contributed by atoms with Gasteiger partial charge in [0.25, 0.3) is 0 Å². The van der Waals surface area contributed by atoms with Crippen LogP contribution in [0.1, 0.15) is 13.3 Å². The van der Waals surface area contributed by atoms with Crippen molar-refractivity contribution in [2.45, 2.75) is 25.4 Å². The Balaban J connectivity index is 2.42. The minimum atomic E-state index is -0.226. The van der Waals surface area contributed by atoms with Crippen LogP contribution in [-0.4, -0.2) is 29.3 Å². The van der Waals surface area contributed by atoms with Crippen molar-refractivity contribution in [1.29, 1.82) is 0 Å². The third-order valence-electron chi connectivity index (χ3n) is 2.01. The lowest BCUT2D eigenvalue weighted by Crippen LogP contribution is -2.54. The van der Waals surface area contributed by atoms with Crippen LogP contribution in [0.2, 0.25) is 0 Å². The van der Waals surface area contributed by atoms with Gasteiger partial charge < -0.3 is 0 Å². The summed E-state index contributed by atoms with van der Waals surface area (Å²) in [7, 11) is 1.92. The number of carbonyl (C=O) groups is 1. The first kappa shape index (κ1) is 7.03. The molecule has 0 aromatic heterocycles. The molecule has 52 valence electrons. The third kappa shape index (κ3) is 1.10. The zero-order valence-electron chi connectivity index (χ0n) is 5.60. The molecule has 0 saturated carbocycles. The van der Waals surface area contributed by atoms with E-state index in [1.165, 1.54) is 0 Å². The molecule has 0 bridgehead atoms. The van der Waals surface area contributed by atoms with E-state index in [9.17, 15) is 4.79 Å². The third-order valence-corrected chi connectivity index (χ3v) is 2.27. The molecule has 1 heterocycles. The molecule has 0 unspecified atom stereocenters. The Hall–Kier alpha value is -0.0800. The van der Waals surface area contributed by atoms with Gasteiger partial charge in [-0.2, -0.15) is 0 Å². The molecule has 0 spiro atoms. The predicted molar refractivity (Wildman–Crippen MR) is 36.5 cm³/mol. The molecular weight excluding hydrogens is 138 g/mol. The fraction of sp³-hybridized carbons (Fsp3) is 0.833. The second-order valence-electron chi connectivity index (χ2n) is 2.57. The summed E-state index contributed by atoms with van der Waals surface area (Å²) in [6.07, 6.45) is 0.916. The Bertz CT molecular complexity index is 137. The van der Waals surface area contributed by atoms with Crippen molar-refractivity contribution in [2.75, 3.05) is 7.05 Å². The first-order valence-corrected chi connectivity index (χ1v) is 3.42.